The molecular formula is C19H20N6O2. The fourth-order valence-electron chi connectivity index (χ4n) is 3.67. The van der Waals surface area contributed by atoms with E-state index in [0.717, 1.165) is 42.6 Å². The zero-order valence-corrected chi connectivity index (χ0v) is 14.9. The number of anilines is 1. The van der Waals surface area contributed by atoms with Gasteiger partial charge in [-0.2, -0.15) is 5.10 Å². The highest BCUT2D eigenvalue weighted by molar-refractivity contribution is 5.93. The Morgan fingerprint density at radius 3 is 2.81 bits per heavy atom. The minimum absolute atomic E-state index is 0.0212. The summed E-state index contributed by atoms with van der Waals surface area (Å²) in [6.45, 7) is 4.41. The lowest BCUT2D eigenvalue weighted by Gasteiger charge is -2.35. The van der Waals surface area contributed by atoms with Crippen molar-refractivity contribution < 1.29 is 9.53 Å². The molecule has 27 heavy (non-hydrogen) atoms. The SMILES string of the molecule is O=C(c1cc2n(n1)CCCO2)N1CCN(c2ccc3ncncc3c2)CC1. The Morgan fingerprint density at radius 2 is 1.96 bits per heavy atom. The number of carbonyl (C=O) groups excluding carboxylic acids is 1. The van der Waals surface area contributed by atoms with Crippen molar-refractivity contribution in [3.05, 3.63) is 42.5 Å². The lowest BCUT2D eigenvalue weighted by molar-refractivity contribution is 0.0740. The van der Waals surface area contributed by atoms with Gasteiger partial charge in [-0.05, 0) is 18.2 Å². The van der Waals surface area contributed by atoms with Gasteiger partial charge < -0.3 is 14.5 Å². The van der Waals surface area contributed by atoms with E-state index in [1.807, 2.05) is 17.2 Å². The number of fused-ring (bicyclic) bond motifs is 2. The van der Waals surface area contributed by atoms with Gasteiger partial charge in [0.2, 0.25) is 5.88 Å². The average Bonchev–Trinajstić information content (AvgIpc) is 3.17. The summed E-state index contributed by atoms with van der Waals surface area (Å²) >= 11 is 0. The Balaban J connectivity index is 1.27. The molecule has 2 aromatic heterocycles. The van der Waals surface area contributed by atoms with Gasteiger partial charge in [0.05, 0.1) is 12.1 Å². The third-order valence-electron chi connectivity index (χ3n) is 5.15. The summed E-state index contributed by atoms with van der Waals surface area (Å²) in [5.41, 5.74) is 2.55. The first-order valence-corrected chi connectivity index (χ1v) is 9.22. The van der Waals surface area contributed by atoms with E-state index >= 15 is 0 Å². The Kier molecular flexibility index (Phi) is 3.88. The van der Waals surface area contributed by atoms with Crippen molar-refractivity contribution in [3.8, 4) is 5.88 Å². The van der Waals surface area contributed by atoms with Gasteiger partial charge in [0, 0.05) is 62.5 Å². The molecule has 8 heteroatoms. The van der Waals surface area contributed by atoms with Crippen LogP contribution in [0.1, 0.15) is 16.9 Å². The molecular weight excluding hydrogens is 344 g/mol. The summed E-state index contributed by atoms with van der Waals surface area (Å²) < 4.78 is 7.34. The van der Waals surface area contributed by atoms with Crippen molar-refractivity contribution in [1.29, 1.82) is 0 Å². The maximum absolute atomic E-state index is 12.8. The maximum atomic E-state index is 12.8. The van der Waals surface area contributed by atoms with Crippen LogP contribution >= 0.6 is 0 Å². The van der Waals surface area contributed by atoms with Crippen LogP contribution in [-0.2, 0) is 6.54 Å². The predicted octanol–water partition coefficient (Wildman–Crippen LogP) is 1.57. The summed E-state index contributed by atoms with van der Waals surface area (Å²) in [4.78, 5) is 25.3. The van der Waals surface area contributed by atoms with Crippen LogP contribution in [0.4, 0.5) is 5.69 Å². The third kappa shape index (κ3) is 2.97. The molecule has 0 aliphatic carbocycles. The number of rotatable bonds is 2. The standard InChI is InChI=1S/C19H20N6O2/c26-19(17-11-18-25(22-17)4-1-9-27-18)24-7-5-23(6-8-24)15-2-3-16-14(10-15)12-20-13-21-16/h2-3,10-13H,1,4-9H2. The van der Waals surface area contributed by atoms with Crippen LogP contribution in [-0.4, -0.2) is 63.3 Å². The number of piperazine rings is 1. The zero-order chi connectivity index (χ0) is 18.2. The first-order valence-electron chi connectivity index (χ1n) is 9.22. The van der Waals surface area contributed by atoms with Gasteiger partial charge in [-0.15, -0.1) is 0 Å². The molecule has 8 nitrogen and oxygen atoms in total. The molecule has 138 valence electrons. The van der Waals surface area contributed by atoms with Gasteiger partial charge in [-0.25, -0.2) is 14.6 Å². The van der Waals surface area contributed by atoms with Gasteiger partial charge in [0.25, 0.3) is 5.91 Å². The molecule has 0 saturated carbocycles. The summed E-state index contributed by atoms with van der Waals surface area (Å²) in [6.07, 6.45) is 4.32. The number of ether oxygens (including phenoxy) is 1. The number of nitrogens with zero attached hydrogens (tertiary/aromatic N) is 6. The lowest BCUT2D eigenvalue weighted by atomic mass is 10.2. The summed E-state index contributed by atoms with van der Waals surface area (Å²) in [5, 5.41) is 5.44. The van der Waals surface area contributed by atoms with Gasteiger partial charge >= 0.3 is 0 Å². The van der Waals surface area contributed by atoms with Gasteiger partial charge in [-0.3, -0.25) is 4.79 Å². The first kappa shape index (κ1) is 16.0. The highest BCUT2D eigenvalue weighted by Crippen LogP contribution is 2.23. The number of aromatic nitrogens is 4. The minimum Gasteiger partial charge on any atom is -0.478 e. The quantitative estimate of drug-likeness (QED) is 0.687. The molecule has 2 aliphatic heterocycles. The monoisotopic (exact) mass is 364 g/mol. The molecule has 1 aromatic carbocycles. The molecule has 0 spiro atoms. The summed E-state index contributed by atoms with van der Waals surface area (Å²) in [5.74, 6) is 0.675. The third-order valence-corrected chi connectivity index (χ3v) is 5.15. The van der Waals surface area contributed by atoms with Gasteiger partial charge in [0.15, 0.2) is 5.69 Å². The molecule has 2 aliphatic rings. The summed E-state index contributed by atoms with van der Waals surface area (Å²) in [6, 6.07) is 7.96. The van der Waals surface area contributed by atoms with Crippen molar-refractivity contribution in [2.75, 3.05) is 37.7 Å². The van der Waals surface area contributed by atoms with E-state index in [9.17, 15) is 4.79 Å². The van der Waals surface area contributed by atoms with E-state index in [-0.39, 0.29) is 5.91 Å². The topological polar surface area (TPSA) is 76.4 Å². The van der Waals surface area contributed by atoms with Crippen LogP contribution in [0, 0.1) is 0 Å². The second-order valence-electron chi connectivity index (χ2n) is 6.84. The normalized spacial score (nSPS) is 16.9. The molecule has 1 amide bonds. The van der Waals surface area contributed by atoms with E-state index in [4.69, 9.17) is 4.74 Å². The fourth-order valence-corrected chi connectivity index (χ4v) is 3.67. The highest BCUT2D eigenvalue weighted by atomic mass is 16.5. The minimum atomic E-state index is -0.0212. The van der Waals surface area contributed by atoms with Crippen LogP contribution in [0.5, 0.6) is 5.88 Å². The molecule has 0 atom stereocenters. The Bertz CT molecular complexity index is 969. The number of hydrogen-bond acceptors (Lipinski definition) is 6. The Labute approximate surface area is 156 Å². The molecule has 1 fully saturated rings. The first-order chi connectivity index (χ1) is 13.3. The molecule has 1 saturated heterocycles. The molecule has 0 N–H and O–H groups in total. The number of benzene rings is 1. The smallest absolute Gasteiger partial charge is 0.274 e. The molecule has 0 unspecified atom stereocenters. The Morgan fingerprint density at radius 1 is 1.07 bits per heavy atom. The van der Waals surface area contributed by atoms with Crippen molar-refractivity contribution in [2.45, 2.75) is 13.0 Å². The molecule has 4 heterocycles. The van der Waals surface area contributed by atoms with E-state index in [1.54, 1.807) is 17.1 Å². The van der Waals surface area contributed by atoms with Gasteiger partial charge in [0.1, 0.15) is 6.33 Å². The number of carbonyl (C=O) groups is 1. The van der Waals surface area contributed by atoms with E-state index in [2.05, 4.69) is 32.1 Å². The molecule has 5 rings (SSSR count). The molecule has 0 bridgehead atoms. The van der Waals surface area contributed by atoms with Crippen LogP contribution in [0.25, 0.3) is 10.9 Å². The van der Waals surface area contributed by atoms with Crippen molar-refractivity contribution >= 4 is 22.5 Å². The maximum Gasteiger partial charge on any atom is 0.274 e. The predicted molar refractivity (Wildman–Crippen MR) is 100.0 cm³/mol. The molecule has 0 radical (unpaired) electrons. The van der Waals surface area contributed by atoms with Crippen LogP contribution in [0.15, 0.2) is 36.8 Å². The zero-order valence-electron chi connectivity index (χ0n) is 14.9. The summed E-state index contributed by atoms with van der Waals surface area (Å²) in [7, 11) is 0. The molecule has 3 aromatic rings. The lowest BCUT2D eigenvalue weighted by Crippen LogP contribution is -2.48. The van der Waals surface area contributed by atoms with Crippen LogP contribution in [0.2, 0.25) is 0 Å². The average molecular weight is 364 g/mol. The van der Waals surface area contributed by atoms with E-state index < -0.39 is 0 Å². The second kappa shape index (κ2) is 6.53. The number of aryl methyl sites for hydroxylation is 1. The Hall–Kier alpha value is -3.16. The van der Waals surface area contributed by atoms with Crippen molar-refractivity contribution in [1.82, 2.24) is 24.6 Å². The number of hydrogen-bond donors (Lipinski definition) is 0. The van der Waals surface area contributed by atoms with E-state index in [1.165, 1.54) is 0 Å². The van der Waals surface area contributed by atoms with E-state index in [0.29, 0.717) is 31.3 Å². The van der Waals surface area contributed by atoms with Crippen molar-refractivity contribution in [2.24, 2.45) is 0 Å². The van der Waals surface area contributed by atoms with Gasteiger partial charge in [-0.1, -0.05) is 0 Å². The largest absolute Gasteiger partial charge is 0.478 e. The van der Waals surface area contributed by atoms with Crippen molar-refractivity contribution in [3.63, 3.8) is 0 Å². The fraction of sp³-hybridized carbons (Fsp3) is 0.368. The van der Waals surface area contributed by atoms with Crippen LogP contribution < -0.4 is 9.64 Å². The second-order valence-corrected chi connectivity index (χ2v) is 6.84. The van der Waals surface area contributed by atoms with Crippen LogP contribution in [0.3, 0.4) is 0 Å². The number of amides is 1. The highest BCUT2D eigenvalue weighted by Gasteiger charge is 2.26.